The highest BCUT2D eigenvalue weighted by molar-refractivity contribution is 5.85. The van der Waals surface area contributed by atoms with E-state index in [4.69, 9.17) is 4.74 Å². The van der Waals surface area contributed by atoms with Gasteiger partial charge in [-0.3, -0.25) is 4.79 Å². The van der Waals surface area contributed by atoms with Gasteiger partial charge in [-0.15, -0.1) is 12.4 Å². The SMILES string of the molecule is CCOC(=O)C1CCCC1NC(C)c1ccccc1.Cl. The van der Waals surface area contributed by atoms with E-state index in [1.807, 2.05) is 25.1 Å². The molecular formula is C16H24ClNO2. The van der Waals surface area contributed by atoms with E-state index in [0.29, 0.717) is 6.61 Å². The summed E-state index contributed by atoms with van der Waals surface area (Å²) in [7, 11) is 0. The number of carbonyl (C=O) groups excluding carboxylic acids is 1. The lowest BCUT2D eigenvalue weighted by Gasteiger charge is -2.24. The molecule has 0 aliphatic heterocycles. The second kappa shape index (κ2) is 8.28. The minimum Gasteiger partial charge on any atom is -0.466 e. The molecule has 1 aliphatic rings. The number of hydrogen-bond acceptors (Lipinski definition) is 3. The Labute approximate surface area is 127 Å². The van der Waals surface area contributed by atoms with Gasteiger partial charge in [0.15, 0.2) is 0 Å². The van der Waals surface area contributed by atoms with Crippen molar-refractivity contribution in [3.63, 3.8) is 0 Å². The Morgan fingerprint density at radius 3 is 2.70 bits per heavy atom. The molecule has 2 rings (SSSR count). The minimum atomic E-state index is -0.0437. The summed E-state index contributed by atoms with van der Waals surface area (Å²) in [4.78, 5) is 11.9. The molecule has 1 N–H and O–H groups in total. The Morgan fingerprint density at radius 2 is 2.05 bits per heavy atom. The number of nitrogens with one attached hydrogen (secondary N) is 1. The maximum absolute atomic E-state index is 11.9. The van der Waals surface area contributed by atoms with Gasteiger partial charge in [-0.25, -0.2) is 0 Å². The molecule has 1 aromatic rings. The maximum atomic E-state index is 11.9. The van der Waals surface area contributed by atoms with Crippen molar-refractivity contribution in [2.75, 3.05) is 6.61 Å². The molecule has 1 saturated carbocycles. The highest BCUT2D eigenvalue weighted by Crippen LogP contribution is 2.29. The monoisotopic (exact) mass is 297 g/mol. The fourth-order valence-electron chi connectivity index (χ4n) is 2.85. The average molecular weight is 298 g/mol. The second-order valence-electron chi connectivity index (χ2n) is 5.19. The molecule has 3 nitrogen and oxygen atoms in total. The van der Waals surface area contributed by atoms with Crippen molar-refractivity contribution in [3.8, 4) is 0 Å². The normalized spacial score (nSPS) is 22.9. The molecule has 112 valence electrons. The fraction of sp³-hybridized carbons (Fsp3) is 0.562. The van der Waals surface area contributed by atoms with E-state index < -0.39 is 0 Å². The van der Waals surface area contributed by atoms with Crippen molar-refractivity contribution < 1.29 is 9.53 Å². The van der Waals surface area contributed by atoms with Crippen molar-refractivity contribution in [1.82, 2.24) is 5.32 Å². The van der Waals surface area contributed by atoms with Crippen LogP contribution in [0.15, 0.2) is 30.3 Å². The second-order valence-corrected chi connectivity index (χ2v) is 5.19. The molecule has 4 heteroatoms. The van der Waals surface area contributed by atoms with Crippen LogP contribution in [0.3, 0.4) is 0 Å². The van der Waals surface area contributed by atoms with E-state index >= 15 is 0 Å². The van der Waals surface area contributed by atoms with Crippen molar-refractivity contribution in [1.29, 1.82) is 0 Å². The third-order valence-corrected chi connectivity index (χ3v) is 3.87. The van der Waals surface area contributed by atoms with Crippen LogP contribution in [0.2, 0.25) is 0 Å². The Hall–Kier alpha value is -1.06. The molecule has 1 fully saturated rings. The van der Waals surface area contributed by atoms with Gasteiger partial charge in [0.05, 0.1) is 12.5 Å². The molecule has 0 amide bonds. The summed E-state index contributed by atoms with van der Waals surface area (Å²) < 4.78 is 5.16. The van der Waals surface area contributed by atoms with E-state index in [1.165, 1.54) is 5.56 Å². The maximum Gasteiger partial charge on any atom is 0.310 e. The number of esters is 1. The highest BCUT2D eigenvalue weighted by atomic mass is 35.5. The largest absolute Gasteiger partial charge is 0.466 e. The molecule has 1 aromatic carbocycles. The van der Waals surface area contributed by atoms with E-state index in [-0.39, 0.29) is 36.4 Å². The summed E-state index contributed by atoms with van der Waals surface area (Å²) in [6.07, 6.45) is 3.10. The van der Waals surface area contributed by atoms with E-state index in [9.17, 15) is 4.79 Å². The van der Waals surface area contributed by atoms with Gasteiger partial charge in [0, 0.05) is 12.1 Å². The van der Waals surface area contributed by atoms with Crippen molar-refractivity contribution in [3.05, 3.63) is 35.9 Å². The lowest BCUT2D eigenvalue weighted by atomic mass is 10.0. The minimum absolute atomic E-state index is 0. The van der Waals surface area contributed by atoms with Crippen molar-refractivity contribution in [2.45, 2.75) is 45.2 Å². The van der Waals surface area contributed by atoms with Crippen LogP contribution in [0.4, 0.5) is 0 Å². The van der Waals surface area contributed by atoms with E-state index in [2.05, 4.69) is 24.4 Å². The number of rotatable bonds is 5. The zero-order chi connectivity index (χ0) is 13.7. The summed E-state index contributed by atoms with van der Waals surface area (Å²) in [6.45, 7) is 4.48. The van der Waals surface area contributed by atoms with Crippen LogP contribution in [0.5, 0.6) is 0 Å². The summed E-state index contributed by atoms with van der Waals surface area (Å²) in [6, 6.07) is 10.9. The van der Waals surface area contributed by atoms with Gasteiger partial charge >= 0.3 is 5.97 Å². The number of halogens is 1. The van der Waals surface area contributed by atoms with Gasteiger partial charge in [0.25, 0.3) is 0 Å². The molecular weight excluding hydrogens is 274 g/mol. The van der Waals surface area contributed by atoms with Gasteiger partial charge in [0.1, 0.15) is 0 Å². The summed E-state index contributed by atoms with van der Waals surface area (Å²) in [5.41, 5.74) is 1.26. The summed E-state index contributed by atoms with van der Waals surface area (Å²) >= 11 is 0. The summed E-state index contributed by atoms with van der Waals surface area (Å²) in [5, 5.41) is 3.58. The Kier molecular flexibility index (Phi) is 7.03. The third-order valence-electron chi connectivity index (χ3n) is 3.87. The smallest absolute Gasteiger partial charge is 0.310 e. The first-order chi connectivity index (χ1) is 9.22. The first-order valence-electron chi connectivity index (χ1n) is 7.20. The zero-order valence-electron chi connectivity index (χ0n) is 12.2. The quantitative estimate of drug-likeness (QED) is 0.846. The topological polar surface area (TPSA) is 38.3 Å². The van der Waals surface area contributed by atoms with Gasteiger partial charge in [0.2, 0.25) is 0 Å². The molecule has 20 heavy (non-hydrogen) atoms. The predicted molar refractivity (Wildman–Crippen MR) is 83.0 cm³/mol. The van der Waals surface area contributed by atoms with Crippen LogP contribution in [0.25, 0.3) is 0 Å². The molecule has 0 saturated heterocycles. The molecule has 0 bridgehead atoms. The van der Waals surface area contributed by atoms with Gasteiger partial charge in [-0.05, 0) is 32.3 Å². The van der Waals surface area contributed by atoms with Crippen LogP contribution in [0.1, 0.15) is 44.7 Å². The molecule has 3 atom stereocenters. The Bertz CT molecular complexity index is 410. The molecule has 1 aliphatic carbocycles. The lowest BCUT2D eigenvalue weighted by Crippen LogP contribution is -2.38. The van der Waals surface area contributed by atoms with Crippen LogP contribution in [0, 0.1) is 5.92 Å². The Balaban J connectivity index is 0.00000200. The first-order valence-corrected chi connectivity index (χ1v) is 7.20. The molecule has 3 unspecified atom stereocenters. The molecule has 0 heterocycles. The zero-order valence-corrected chi connectivity index (χ0v) is 13.0. The number of carbonyl (C=O) groups is 1. The van der Waals surface area contributed by atoms with Crippen LogP contribution in [-0.4, -0.2) is 18.6 Å². The van der Waals surface area contributed by atoms with Gasteiger partial charge < -0.3 is 10.1 Å². The first kappa shape index (κ1) is 17.0. The van der Waals surface area contributed by atoms with E-state index in [0.717, 1.165) is 19.3 Å². The summed E-state index contributed by atoms with van der Waals surface area (Å²) in [5.74, 6) is -0.0242. The van der Waals surface area contributed by atoms with Crippen molar-refractivity contribution in [2.24, 2.45) is 5.92 Å². The predicted octanol–water partition coefficient (Wildman–Crippen LogP) is 3.49. The van der Waals surface area contributed by atoms with E-state index in [1.54, 1.807) is 0 Å². The van der Waals surface area contributed by atoms with Crippen LogP contribution >= 0.6 is 12.4 Å². The average Bonchev–Trinajstić information content (AvgIpc) is 2.88. The number of ether oxygens (including phenoxy) is 1. The number of hydrogen-bond donors (Lipinski definition) is 1. The van der Waals surface area contributed by atoms with Crippen LogP contribution in [-0.2, 0) is 9.53 Å². The Morgan fingerprint density at radius 1 is 1.35 bits per heavy atom. The molecule has 0 aromatic heterocycles. The van der Waals surface area contributed by atoms with Crippen LogP contribution < -0.4 is 5.32 Å². The lowest BCUT2D eigenvalue weighted by molar-refractivity contribution is -0.148. The van der Waals surface area contributed by atoms with Gasteiger partial charge in [-0.1, -0.05) is 36.8 Å². The standard InChI is InChI=1S/C16H23NO2.ClH/c1-3-19-16(18)14-10-7-11-15(14)17-12(2)13-8-5-4-6-9-13;/h4-6,8-9,12,14-15,17H,3,7,10-11H2,1-2H3;1H. The molecule has 0 radical (unpaired) electrons. The molecule has 0 spiro atoms. The van der Waals surface area contributed by atoms with Crippen molar-refractivity contribution >= 4 is 18.4 Å². The fourth-order valence-corrected chi connectivity index (χ4v) is 2.85. The van der Waals surface area contributed by atoms with Gasteiger partial charge in [-0.2, -0.15) is 0 Å². The third kappa shape index (κ3) is 4.22. The highest BCUT2D eigenvalue weighted by Gasteiger charge is 2.34. The number of benzene rings is 1.